The van der Waals surface area contributed by atoms with Gasteiger partial charge in [0.25, 0.3) is 0 Å². The number of methoxy groups -OCH3 is 1. The van der Waals surface area contributed by atoms with Gasteiger partial charge in [0, 0.05) is 24.6 Å². The van der Waals surface area contributed by atoms with E-state index in [-0.39, 0.29) is 35.4 Å². The van der Waals surface area contributed by atoms with Crippen LogP contribution in [0.25, 0.3) is 0 Å². The molecule has 3 N–H and O–H groups in total. The average Bonchev–Trinajstić information content (AvgIpc) is 2.70. The van der Waals surface area contributed by atoms with Crippen LogP contribution in [-0.4, -0.2) is 31.2 Å². The van der Waals surface area contributed by atoms with Crippen molar-refractivity contribution in [3.63, 3.8) is 0 Å². The first-order chi connectivity index (χ1) is 7.95. The summed E-state index contributed by atoms with van der Waals surface area (Å²) in [6.45, 7) is 4.26. The van der Waals surface area contributed by atoms with Gasteiger partial charge in [0.2, 0.25) is 5.91 Å². The van der Waals surface area contributed by atoms with Gasteiger partial charge in [-0.05, 0) is 12.8 Å². The molecule has 2 aliphatic carbocycles. The van der Waals surface area contributed by atoms with Gasteiger partial charge in [-0.15, -0.1) is 0 Å². The number of amides is 1. The monoisotopic (exact) mass is 238 g/mol. The van der Waals surface area contributed by atoms with Crippen molar-refractivity contribution in [1.29, 1.82) is 0 Å². The van der Waals surface area contributed by atoms with Gasteiger partial charge in [0.1, 0.15) is 0 Å². The van der Waals surface area contributed by atoms with Crippen molar-refractivity contribution in [2.24, 2.45) is 17.1 Å². The number of nitrogens with one attached hydrogen (secondary N) is 1. The van der Waals surface area contributed by atoms with Gasteiger partial charge in [-0.1, -0.05) is 26.0 Å². The largest absolute Gasteiger partial charge is 0.381 e. The van der Waals surface area contributed by atoms with Gasteiger partial charge >= 0.3 is 0 Å². The van der Waals surface area contributed by atoms with E-state index in [0.717, 1.165) is 12.8 Å². The summed E-state index contributed by atoms with van der Waals surface area (Å²) in [6.07, 6.45) is 5.70. The summed E-state index contributed by atoms with van der Waals surface area (Å²) in [5, 5.41) is 3.11. The van der Waals surface area contributed by atoms with Crippen molar-refractivity contribution in [2.45, 2.75) is 44.9 Å². The number of rotatable bonds is 3. The maximum Gasteiger partial charge on any atom is 0.227 e. The highest BCUT2D eigenvalue weighted by atomic mass is 16.5. The first-order valence-corrected chi connectivity index (χ1v) is 6.22. The van der Waals surface area contributed by atoms with Crippen molar-refractivity contribution in [3.8, 4) is 0 Å². The molecule has 1 saturated carbocycles. The maximum absolute atomic E-state index is 12.0. The van der Waals surface area contributed by atoms with E-state index in [9.17, 15) is 4.79 Å². The lowest BCUT2D eigenvalue weighted by molar-refractivity contribution is -0.135. The predicted molar refractivity (Wildman–Crippen MR) is 66.3 cm³/mol. The molecule has 0 saturated heterocycles. The van der Waals surface area contributed by atoms with Crippen LogP contribution in [0.1, 0.15) is 26.7 Å². The lowest BCUT2D eigenvalue weighted by Gasteiger charge is -2.51. The molecule has 0 aromatic heterocycles. The molecule has 2 aliphatic rings. The van der Waals surface area contributed by atoms with Crippen molar-refractivity contribution in [1.82, 2.24) is 5.32 Å². The van der Waals surface area contributed by atoms with E-state index in [1.165, 1.54) is 0 Å². The standard InChI is InChI=1S/C13H22N2O2/c1-13(2)10(7-11(13)17-3)15-12(16)8-4-5-9(14)6-8/h4-5,8-11H,6-7,14H2,1-3H3,(H,15,16). The second-order valence-electron chi connectivity index (χ2n) is 5.73. The Morgan fingerprint density at radius 2 is 2.12 bits per heavy atom. The van der Waals surface area contributed by atoms with E-state index < -0.39 is 0 Å². The number of ether oxygens (including phenoxy) is 1. The van der Waals surface area contributed by atoms with E-state index in [4.69, 9.17) is 10.5 Å². The van der Waals surface area contributed by atoms with Crippen LogP contribution in [0.3, 0.4) is 0 Å². The fraction of sp³-hybridized carbons (Fsp3) is 0.769. The fourth-order valence-corrected chi connectivity index (χ4v) is 2.73. The van der Waals surface area contributed by atoms with Gasteiger partial charge < -0.3 is 15.8 Å². The highest BCUT2D eigenvalue weighted by Gasteiger charge is 2.49. The highest BCUT2D eigenvalue weighted by molar-refractivity contribution is 5.81. The molecule has 0 spiro atoms. The number of carbonyl (C=O) groups is 1. The Morgan fingerprint density at radius 3 is 2.59 bits per heavy atom. The fourth-order valence-electron chi connectivity index (χ4n) is 2.73. The predicted octanol–water partition coefficient (Wildman–Crippen LogP) is 0.819. The summed E-state index contributed by atoms with van der Waals surface area (Å²) in [5.41, 5.74) is 5.77. The van der Waals surface area contributed by atoms with E-state index in [2.05, 4.69) is 19.2 Å². The Balaban J connectivity index is 1.87. The normalized spacial score (nSPS) is 38.8. The van der Waals surface area contributed by atoms with E-state index in [0.29, 0.717) is 0 Å². The minimum absolute atomic E-state index is 0.0227. The van der Waals surface area contributed by atoms with Crippen LogP contribution in [-0.2, 0) is 9.53 Å². The second kappa shape index (κ2) is 4.42. The molecule has 0 aromatic carbocycles. The van der Waals surface area contributed by atoms with Gasteiger partial charge in [-0.25, -0.2) is 0 Å². The minimum Gasteiger partial charge on any atom is -0.381 e. The number of hydrogen-bond acceptors (Lipinski definition) is 3. The number of nitrogens with two attached hydrogens (primary N) is 1. The summed E-state index contributed by atoms with van der Waals surface area (Å²) in [4.78, 5) is 12.0. The van der Waals surface area contributed by atoms with Crippen LogP contribution in [0.5, 0.6) is 0 Å². The zero-order valence-electron chi connectivity index (χ0n) is 10.8. The first kappa shape index (κ1) is 12.6. The smallest absolute Gasteiger partial charge is 0.227 e. The minimum atomic E-state index is -0.0533. The molecular weight excluding hydrogens is 216 g/mol. The van der Waals surface area contributed by atoms with Crippen LogP contribution >= 0.6 is 0 Å². The molecule has 0 aliphatic heterocycles. The zero-order valence-corrected chi connectivity index (χ0v) is 10.8. The van der Waals surface area contributed by atoms with Crippen molar-refractivity contribution >= 4 is 5.91 Å². The summed E-state index contributed by atoms with van der Waals surface area (Å²) in [5.74, 6) is 0.0456. The third kappa shape index (κ3) is 2.24. The van der Waals surface area contributed by atoms with Crippen LogP contribution in [0.15, 0.2) is 12.2 Å². The van der Waals surface area contributed by atoms with Crippen molar-refractivity contribution in [3.05, 3.63) is 12.2 Å². The Kier molecular flexibility index (Phi) is 3.27. The van der Waals surface area contributed by atoms with E-state index >= 15 is 0 Å². The highest BCUT2D eigenvalue weighted by Crippen LogP contribution is 2.42. The molecule has 0 bridgehead atoms. The maximum atomic E-state index is 12.0. The Hall–Kier alpha value is -0.870. The summed E-state index contributed by atoms with van der Waals surface area (Å²) >= 11 is 0. The van der Waals surface area contributed by atoms with Crippen LogP contribution < -0.4 is 11.1 Å². The molecule has 0 aromatic rings. The molecule has 4 unspecified atom stereocenters. The van der Waals surface area contributed by atoms with Crippen LogP contribution in [0, 0.1) is 11.3 Å². The third-order valence-electron chi connectivity index (χ3n) is 4.23. The Labute approximate surface area is 103 Å². The lowest BCUT2D eigenvalue weighted by Crippen LogP contribution is -2.62. The van der Waals surface area contributed by atoms with E-state index in [1.54, 1.807) is 7.11 Å². The quantitative estimate of drug-likeness (QED) is 0.715. The third-order valence-corrected chi connectivity index (χ3v) is 4.23. The van der Waals surface area contributed by atoms with Gasteiger partial charge in [-0.3, -0.25) is 4.79 Å². The lowest BCUT2D eigenvalue weighted by atomic mass is 9.64. The topological polar surface area (TPSA) is 64.3 Å². The average molecular weight is 238 g/mol. The molecule has 1 amide bonds. The SMILES string of the molecule is COC1CC(NC(=O)C2C=CC(N)C2)C1(C)C. The number of carbonyl (C=O) groups excluding carboxylic acids is 1. The first-order valence-electron chi connectivity index (χ1n) is 6.22. The van der Waals surface area contributed by atoms with Crippen LogP contribution in [0.4, 0.5) is 0 Å². The van der Waals surface area contributed by atoms with Gasteiger partial charge in [-0.2, -0.15) is 0 Å². The second-order valence-corrected chi connectivity index (χ2v) is 5.73. The zero-order chi connectivity index (χ0) is 12.6. The summed E-state index contributed by atoms with van der Waals surface area (Å²) < 4.78 is 5.37. The molecule has 4 atom stereocenters. The van der Waals surface area contributed by atoms with Crippen LogP contribution in [0.2, 0.25) is 0 Å². The summed E-state index contributed by atoms with van der Waals surface area (Å²) in [6, 6.07) is 0.247. The Morgan fingerprint density at radius 1 is 1.41 bits per heavy atom. The molecule has 96 valence electrons. The van der Waals surface area contributed by atoms with Crippen molar-refractivity contribution < 1.29 is 9.53 Å². The Bertz CT molecular complexity index is 338. The molecular formula is C13H22N2O2. The van der Waals surface area contributed by atoms with E-state index in [1.807, 2.05) is 12.2 Å². The van der Waals surface area contributed by atoms with Gasteiger partial charge in [0.15, 0.2) is 0 Å². The molecule has 2 rings (SSSR count). The molecule has 1 fully saturated rings. The summed E-state index contributed by atoms with van der Waals surface area (Å²) in [7, 11) is 1.73. The molecule has 0 radical (unpaired) electrons. The van der Waals surface area contributed by atoms with Gasteiger partial charge in [0.05, 0.1) is 12.0 Å². The van der Waals surface area contributed by atoms with Crippen molar-refractivity contribution in [2.75, 3.05) is 7.11 Å². The number of hydrogen-bond donors (Lipinski definition) is 2. The molecule has 4 heteroatoms. The molecule has 17 heavy (non-hydrogen) atoms. The molecule has 0 heterocycles. The molecule has 4 nitrogen and oxygen atoms in total.